The number of benzene rings is 6. The predicted molar refractivity (Wildman–Crippen MR) is 180 cm³/mol. The van der Waals surface area contributed by atoms with Crippen molar-refractivity contribution < 1.29 is 19.2 Å². The molecule has 0 atom stereocenters. The van der Waals surface area contributed by atoms with Gasteiger partial charge in [0.1, 0.15) is 0 Å². The molecular weight excluding hydrogens is 574 g/mol. The first-order valence-electron chi connectivity index (χ1n) is 15.8. The Bertz CT molecular complexity index is 2130. The van der Waals surface area contributed by atoms with Crippen LogP contribution in [0.5, 0.6) is 0 Å². The van der Waals surface area contributed by atoms with Crippen LogP contribution in [0.15, 0.2) is 97.1 Å². The molecule has 6 aromatic carbocycles. The molecule has 226 valence electrons. The quantitative estimate of drug-likeness (QED) is 0.148. The third-order valence-corrected chi connectivity index (χ3v) is 9.56. The molecule has 0 spiro atoms. The summed E-state index contributed by atoms with van der Waals surface area (Å²) in [6, 6.07) is 30.6. The second-order valence-electron chi connectivity index (χ2n) is 12.3. The van der Waals surface area contributed by atoms with Crippen molar-refractivity contribution in [2.24, 2.45) is 5.73 Å². The van der Waals surface area contributed by atoms with Gasteiger partial charge in [-0.1, -0.05) is 72.8 Å². The van der Waals surface area contributed by atoms with Gasteiger partial charge in [-0.3, -0.25) is 29.0 Å². The smallest absolute Gasteiger partial charge is 0.262 e. The maximum atomic E-state index is 13.8. The van der Waals surface area contributed by atoms with Gasteiger partial charge in [0.2, 0.25) is 0 Å². The molecule has 0 aromatic heterocycles. The highest BCUT2D eigenvalue weighted by atomic mass is 16.2. The third kappa shape index (κ3) is 4.30. The number of imide groups is 2. The van der Waals surface area contributed by atoms with Crippen molar-refractivity contribution in [1.82, 2.24) is 9.80 Å². The summed E-state index contributed by atoms with van der Waals surface area (Å²) in [5, 5.41) is 6.82. The van der Waals surface area contributed by atoms with Crippen molar-refractivity contribution in [2.45, 2.75) is 31.7 Å². The molecule has 7 nitrogen and oxygen atoms in total. The van der Waals surface area contributed by atoms with Crippen LogP contribution >= 0.6 is 0 Å². The summed E-state index contributed by atoms with van der Waals surface area (Å²) in [6.45, 7) is 0.531. The number of rotatable bonds is 8. The topological polar surface area (TPSA) is 101 Å². The van der Waals surface area contributed by atoms with Gasteiger partial charge in [0.15, 0.2) is 0 Å². The molecule has 2 N–H and O–H groups in total. The van der Waals surface area contributed by atoms with E-state index in [-0.39, 0.29) is 42.8 Å². The maximum absolute atomic E-state index is 13.8. The lowest BCUT2D eigenvalue weighted by molar-refractivity contribution is 0.0596. The van der Waals surface area contributed by atoms with Crippen LogP contribution in [0.4, 0.5) is 0 Å². The average Bonchev–Trinajstić information content (AvgIpc) is 3.07. The summed E-state index contributed by atoms with van der Waals surface area (Å²) in [7, 11) is 0. The van der Waals surface area contributed by atoms with E-state index in [2.05, 4.69) is 0 Å². The van der Waals surface area contributed by atoms with Crippen molar-refractivity contribution >= 4 is 66.7 Å². The Labute approximate surface area is 265 Å². The summed E-state index contributed by atoms with van der Waals surface area (Å²) < 4.78 is 0. The zero-order chi connectivity index (χ0) is 31.5. The van der Waals surface area contributed by atoms with Crippen LogP contribution < -0.4 is 5.73 Å². The SMILES string of the molecule is NC(CCCN1C(=O)c2cccc3cc4ccccc4c(c23)C1=O)CCCN1C(=O)c2cccc3cc4ccccc4c(c23)C1=O. The fourth-order valence-electron chi connectivity index (χ4n) is 7.36. The summed E-state index contributed by atoms with van der Waals surface area (Å²) >= 11 is 0. The van der Waals surface area contributed by atoms with E-state index >= 15 is 0 Å². The molecule has 6 aromatic rings. The lowest BCUT2D eigenvalue weighted by atomic mass is 9.89. The number of fused-ring (bicyclic) bond motifs is 4. The molecule has 0 radical (unpaired) electrons. The first-order valence-corrected chi connectivity index (χ1v) is 15.8. The molecule has 2 heterocycles. The molecule has 0 unspecified atom stereocenters. The Hall–Kier alpha value is -5.40. The van der Waals surface area contributed by atoms with Gasteiger partial charge < -0.3 is 5.73 Å². The number of carbonyl (C=O) groups excluding carboxylic acids is 4. The summed E-state index contributed by atoms with van der Waals surface area (Å²) in [5.41, 5.74) is 8.74. The Balaban J connectivity index is 0.939. The van der Waals surface area contributed by atoms with Crippen LogP contribution in [0, 0.1) is 0 Å². The highest BCUT2D eigenvalue weighted by molar-refractivity contribution is 6.31. The number of nitrogens with two attached hydrogens (primary N) is 1. The number of hydrogen-bond donors (Lipinski definition) is 1. The van der Waals surface area contributed by atoms with Crippen LogP contribution in [-0.2, 0) is 0 Å². The fraction of sp³-hybridized carbons (Fsp3) is 0.179. The molecule has 4 amide bonds. The van der Waals surface area contributed by atoms with E-state index in [1.54, 1.807) is 12.1 Å². The lowest BCUT2D eigenvalue weighted by Crippen LogP contribution is -2.42. The second-order valence-corrected chi connectivity index (χ2v) is 12.3. The van der Waals surface area contributed by atoms with Gasteiger partial charge in [0.25, 0.3) is 23.6 Å². The Morgan fingerprint density at radius 2 is 0.913 bits per heavy atom. The minimum absolute atomic E-state index is 0.210. The third-order valence-electron chi connectivity index (χ3n) is 9.56. The molecule has 7 heteroatoms. The van der Waals surface area contributed by atoms with Gasteiger partial charge in [-0.25, -0.2) is 0 Å². The zero-order valence-corrected chi connectivity index (χ0v) is 25.2. The first-order chi connectivity index (χ1) is 22.4. The number of nitrogens with zero attached hydrogens (tertiary/aromatic N) is 2. The van der Waals surface area contributed by atoms with Crippen LogP contribution in [0.25, 0.3) is 43.1 Å². The van der Waals surface area contributed by atoms with Gasteiger partial charge in [0, 0.05) is 41.0 Å². The first kappa shape index (κ1) is 28.1. The van der Waals surface area contributed by atoms with Crippen LogP contribution in [0.3, 0.4) is 0 Å². The molecule has 0 aliphatic carbocycles. The van der Waals surface area contributed by atoms with Crippen molar-refractivity contribution in [2.75, 3.05) is 13.1 Å². The van der Waals surface area contributed by atoms with Crippen LogP contribution in [0.2, 0.25) is 0 Å². The normalized spacial score (nSPS) is 14.6. The van der Waals surface area contributed by atoms with Crippen molar-refractivity contribution in [3.63, 3.8) is 0 Å². The molecule has 0 fully saturated rings. The zero-order valence-electron chi connectivity index (χ0n) is 25.2. The predicted octanol–water partition coefficient (Wildman–Crippen LogP) is 7.08. The van der Waals surface area contributed by atoms with E-state index in [0.29, 0.717) is 47.9 Å². The van der Waals surface area contributed by atoms with Crippen molar-refractivity contribution in [3.05, 3.63) is 119 Å². The highest BCUT2D eigenvalue weighted by Gasteiger charge is 2.35. The second kappa shape index (κ2) is 10.9. The number of hydrogen-bond acceptors (Lipinski definition) is 5. The van der Waals surface area contributed by atoms with Crippen LogP contribution in [0.1, 0.15) is 67.1 Å². The minimum atomic E-state index is -0.281. The van der Waals surface area contributed by atoms with E-state index in [4.69, 9.17) is 5.73 Å². The van der Waals surface area contributed by atoms with Crippen molar-refractivity contribution in [1.29, 1.82) is 0 Å². The largest absolute Gasteiger partial charge is 0.328 e. The maximum Gasteiger partial charge on any atom is 0.262 e. The van der Waals surface area contributed by atoms with E-state index in [1.165, 1.54) is 9.80 Å². The number of amides is 4. The lowest BCUT2D eigenvalue weighted by Gasteiger charge is -2.29. The summed E-state index contributed by atoms with van der Waals surface area (Å²) in [6.07, 6.45) is 2.30. The monoisotopic (exact) mass is 605 g/mol. The van der Waals surface area contributed by atoms with Crippen molar-refractivity contribution in [3.8, 4) is 0 Å². The summed E-state index contributed by atoms with van der Waals surface area (Å²) in [5.74, 6) is -1.11. The van der Waals surface area contributed by atoms with Crippen LogP contribution in [-0.4, -0.2) is 52.6 Å². The fourth-order valence-corrected chi connectivity index (χ4v) is 7.36. The van der Waals surface area contributed by atoms with E-state index < -0.39 is 0 Å². The highest BCUT2D eigenvalue weighted by Crippen LogP contribution is 2.37. The molecular formula is C39H31N3O4. The molecule has 0 bridgehead atoms. The standard InChI is InChI=1S/C39H31N3O4/c40-27(13-7-19-41-36(43)30-17-5-11-25-21-23-9-1-3-15-28(23)34(32(25)30)38(41)45)14-8-20-42-37(44)31-18-6-12-26-22-24-10-2-4-16-29(24)35(33(26)31)39(42)46/h1-6,9-12,15-18,21-22,27H,7-8,13-14,19-20,40H2. The van der Waals surface area contributed by atoms with Gasteiger partial charge in [-0.15, -0.1) is 0 Å². The van der Waals surface area contributed by atoms with E-state index in [9.17, 15) is 19.2 Å². The van der Waals surface area contributed by atoms with E-state index in [0.717, 1.165) is 43.1 Å². The Morgan fingerprint density at radius 1 is 0.500 bits per heavy atom. The molecule has 0 saturated heterocycles. The Kier molecular flexibility index (Phi) is 6.65. The van der Waals surface area contributed by atoms with Gasteiger partial charge in [0.05, 0.1) is 11.1 Å². The average molecular weight is 606 g/mol. The van der Waals surface area contributed by atoms with E-state index in [1.807, 2.05) is 84.9 Å². The molecule has 2 aliphatic heterocycles. The molecule has 8 rings (SSSR count). The number of carbonyl (C=O) groups is 4. The summed E-state index contributed by atoms with van der Waals surface area (Å²) in [4.78, 5) is 57.2. The molecule has 0 saturated carbocycles. The Morgan fingerprint density at radius 3 is 1.37 bits per heavy atom. The molecule has 2 aliphatic rings. The molecule has 46 heavy (non-hydrogen) atoms. The minimum Gasteiger partial charge on any atom is -0.328 e. The van der Waals surface area contributed by atoms with Gasteiger partial charge in [-0.2, -0.15) is 0 Å². The van der Waals surface area contributed by atoms with Gasteiger partial charge in [-0.05, 0) is 82.3 Å². The van der Waals surface area contributed by atoms with Gasteiger partial charge >= 0.3 is 0 Å².